The van der Waals surface area contributed by atoms with E-state index in [1.807, 2.05) is 6.07 Å². The number of hydrogen-bond donors (Lipinski definition) is 0. The number of piperazine rings is 1. The fourth-order valence-corrected chi connectivity index (χ4v) is 4.39. The lowest BCUT2D eigenvalue weighted by Gasteiger charge is -2.47. The van der Waals surface area contributed by atoms with Gasteiger partial charge in [0, 0.05) is 28.7 Å². The normalized spacial score (nSPS) is 27.1. The molecule has 2 unspecified atom stereocenters. The van der Waals surface area contributed by atoms with E-state index in [0.29, 0.717) is 18.0 Å². The molecule has 2 aliphatic heterocycles. The average molecular weight is 388 g/mol. The third-order valence-corrected chi connectivity index (χ3v) is 5.58. The summed E-state index contributed by atoms with van der Waals surface area (Å²) in [5, 5.41) is 0. The van der Waals surface area contributed by atoms with Gasteiger partial charge in [-0.05, 0) is 66.1 Å². The zero-order chi connectivity index (χ0) is 14.3. The minimum Gasteiger partial charge on any atom is -0.365 e. The van der Waals surface area contributed by atoms with Crippen LogP contribution < -0.4 is 4.90 Å². The van der Waals surface area contributed by atoms with Gasteiger partial charge in [-0.25, -0.2) is 4.39 Å². The lowest BCUT2D eigenvalue weighted by Crippen LogP contribution is -2.58. The van der Waals surface area contributed by atoms with Gasteiger partial charge in [0.05, 0.1) is 5.69 Å². The molecule has 2 saturated heterocycles. The van der Waals surface area contributed by atoms with Crippen LogP contribution >= 0.6 is 22.6 Å². The molecule has 1 aromatic carbocycles. The van der Waals surface area contributed by atoms with Gasteiger partial charge in [0.1, 0.15) is 5.82 Å². The number of nitrogens with zero attached hydrogens (tertiary/aromatic N) is 2. The number of anilines is 1. The number of halogens is 2. The minimum atomic E-state index is -0.140. The Bertz CT molecular complexity index is 491. The van der Waals surface area contributed by atoms with Gasteiger partial charge in [-0.2, -0.15) is 0 Å². The van der Waals surface area contributed by atoms with E-state index in [4.69, 9.17) is 0 Å². The molecule has 2 heterocycles. The van der Waals surface area contributed by atoms with Crippen molar-refractivity contribution in [2.45, 2.75) is 38.8 Å². The summed E-state index contributed by atoms with van der Waals surface area (Å²) in [5.41, 5.74) is 1.21. The van der Waals surface area contributed by atoms with Gasteiger partial charge in [0.2, 0.25) is 0 Å². The fourth-order valence-electron chi connectivity index (χ4n) is 3.61. The molecule has 2 nitrogen and oxygen atoms in total. The van der Waals surface area contributed by atoms with Crippen LogP contribution in [0.3, 0.4) is 0 Å². The summed E-state index contributed by atoms with van der Waals surface area (Å²) < 4.78 is 14.4. The predicted molar refractivity (Wildman–Crippen MR) is 89.7 cm³/mol. The largest absolute Gasteiger partial charge is 0.365 e. The van der Waals surface area contributed by atoms with Gasteiger partial charge < -0.3 is 4.90 Å². The fraction of sp³-hybridized carbons (Fsp3) is 0.625. The summed E-state index contributed by atoms with van der Waals surface area (Å²) in [6.45, 7) is 8.08. The van der Waals surface area contributed by atoms with Crippen LogP contribution in [0.25, 0.3) is 0 Å². The molecule has 0 saturated carbocycles. The zero-order valence-electron chi connectivity index (χ0n) is 12.1. The molecule has 2 aliphatic rings. The Hall–Kier alpha value is -0.360. The molecule has 0 amide bonds. The van der Waals surface area contributed by atoms with Gasteiger partial charge in [0.15, 0.2) is 0 Å². The van der Waals surface area contributed by atoms with Crippen molar-refractivity contribution in [2.24, 2.45) is 5.92 Å². The Morgan fingerprint density at radius 2 is 2.10 bits per heavy atom. The lowest BCUT2D eigenvalue weighted by atomic mass is 9.96. The first-order chi connectivity index (χ1) is 9.56. The Balaban J connectivity index is 1.91. The van der Waals surface area contributed by atoms with Gasteiger partial charge in [-0.1, -0.05) is 13.8 Å². The Labute approximate surface area is 134 Å². The predicted octanol–water partition coefficient (Wildman–Crippen LogP) is 3.74. The van der Waals surface area contributed by atoms with Crippen molar-refractivity contribution in [1.29, 1.82) is 0 Å². The maximum absolute atomic E-state index is 13.4. The van der Waals surface area contributed by atoms with E-state index in [2.05, 4.69) is 46.2 Å². The van der Waals surface area contributed by atoms with E-state index in [0.717, 1.165) is 16.7 Å². The molecular weight excluding hydrogens is 366 g/mol. The van der Waals surface area contributed by atoms with E-state index < -0.39 is 0 Å². The molecule has 4 heteroatoms. The van der Waals surface area contributed by atoms with Crippen molar-refractivity contribution in [1.82, 2.24) is 4.90 Å². The summed E-state index contributed by atoms with van der Waals surface area (Å²) in [5.74, 6) is 0.469. The number of hydrogen-bond acceptors (Lipinski definition) is 2. The molecule has 0 aromatic heterocycles. The summed E-state index contributed by atoms with van der Waals surface area (Å²) in [6, 6.07) is 6.41. The van der Waals surface area contributed by atoms with Crippen molar-refractivity contribution in [3.8, 4) is 0 Å². The Kier molecular flexibility index (Phi) is 4.22. The highest BCUT2D eigenvalue weighted by atomic mass is 127. The van der Waals surface area contributed by atoms with Crippen LogP contribution in [0, 0.1) is 15.3 Å². The highest BCUT2D eigenvalue weighted by Crippen LogP contribution is 2.33. The highest BCUT2D eigenvalue weighted by molar-refractivity contribution is 14.1. The second kappa shape index (κ2) is 5.79. The van der Waals surface area contributed by atoms with Crippen LogP contribution in [0.5, 0.6) is 0 Å². The van der Waals surface area contributed by atoms with Crippen molar-refractivity contribution in [2.75, 3.05) is 24.5 Å². The molecule has 1 aromatic rings. The number of rotatable bonds is 2. The van der Waals surface area contributed by atoms with E-state index >= 15 is 0 Å². The molecule has 0 aliphatic carbocycles. The minimum absolute atomic E-state index is 0.140. The van der Waals surface area contributed by atoms with Crippen LogP contribution in [-0.4, -0.2) is 36.6 Å². The zero-order valence-corrected chi connectivity index (χ0v) is 14.3. The van der Waals surface area contributed by atoms with Crippen molar-refractivity contribution < 1.29 is 4.39 Å². The first-order valence-corrected chi connectivity index (χ1v) is 8.60. The third kappa shape index (κ3) is 2.69. The maximum Gasteiger partial charge on any atom is 0.124 e. The molecule has 2 atom stereocenters. The van der Waals surface area contributed by atoms with Crippen LogP contribution in [0.4, 0.5) is 10.1 Å². The second-order valence-electron chi connectivity index (χ2n) is 6.35. The molecule has 20 heavy (non-hydrogen) atoms. The summed E-state index contributed by atoms with van der Waals surface area (Å²) in [7, 11) is 0. The van der Waals surface area contributed by atoms with Crippen molar-refractivity contribution >= 4 is 28.3 Å². The molecule has 0 spiro atoms. The van der Waals surface area contributed by atoms with E-state index in [1.165, 1.54) is 25.1 Å². The monoisotopic (exact) mass is 388 g/mol. The maximum atomic E-state index is 13.4. The average Bonchev–Trinajstić information content (AvgIpc) is 2.84. The van der Waals surface area contributed by atoms with Gasteiger partial charge in [-0.3, -0.25) is 4.90 Å². The third-order valence-electron chi connectivity index (χ3n) is 4.72. The molecular formula is C16H22FIN2. The first kappa shape index (κ1) is 14.6. The standard InChI is InChI=1S/C16H22FIN2/c1-11(2)16-10-19-7-3-4-13(19)9-20(16)15-6-5-12(17)8-14(15)18/h5-6,8,11,13,16H,3-4,7,9-10H2,1-2H3. The smallest absolute Gasteiger partial charge is 0.124 e. The highest BCUT2D eigenvalue weighted by Gasteiger charge is 2.37. The number of benzene rings is 1. The SMILES string of the molecule is CC(C)C1CN2CCCC2CN1c1ccc(F)cc1I. The molecule has 0 N–H and O–H groups in total. The van der Waals surface area contributed by atoms with E-state index in [1.54, 1.807) is 12.1 Å². The molecule has 0 bridgehead atoms. The second-order valence-corrected chi connectivity index (χ2v) is 7.51. The van der Waals surface area contributed by atoms with Crippen LogP contribution in [-0.2, 0) is 0 Å². The van der Waals surface area contributed by atoms with Crippen molar-refractivity contribution in [3.05, 3.63) is 27.6 Å². The molecule has 3 rings (SSSR count). The van der Waals surface area contributed by atoms with Gasteiger partial charge >= 0.3 is 0 Å². The van der Waals surface area contributed by atoms with Gasteiger partial charge in [0.25, 0.3) is 0 Å². The number of fused-ring (bicyclic) bond motifs is 1. The molecule has 0 radical (unpaired) electrons. The lowest BCUT2D eigenvalue weighted by molar-refractivity contribution is 0.176. The van der Waals surface area contributed by atoms with Gasteiger partial charge in [-0.15, -0.1) is 0 Å². The van der Waals surface area contributed by atoms with E-state index in [-0.39, 0.29) is 5.82 Å². The van der Waals surface area contributed by atoms with Crippen LogP contribution in [0.15, 0.2) is 18.2 Å². The van der Waals surface area contributed by atoms with Crippen LogP contribution in [0.1, 0.15) is 26.7 Å². The summed E-state index contributed by atoms with van der Waals surface area (Å²) in [6.07, 6.45) is 2.63. The topological polar surface area (TPSA) is 6.48 Å². The van der Waals surface area contributed by atoms with Crippen molar-refractivity contribution in [3.63, 3.8) is 0 Å². The molecule has 110 valence electrons. The first-order valence-electron chi connectivity index (χ1n) is 7.52. The van der Waals surface area contributed by atoms with Crippen LogP contribution in [0.2, 0.25) is 0 Å². The molecule has 2 fully saturated rings. The summed E-state index contributed by atoms with van der Waals surface area (Å²) in [4.78, 5) is 5.18. The quantitative estimate of drug-likeness (QED) is 0.713. The summed E-state index contributed by atoms with van der Waals surface area (Å²) >= 11 is 2.27. The Morgan fingerprint density at radius 1 is 1.30 bits per heavy atom. The Morgan fingerprint density at radius 3 is 2.80 bits per heavy atom. The van der Waals surface area contributed by atoms with E-state index in [9.17, 15) is 4.39 Å².